The largest absolute Gasteiger partial charge is 0.346 e. The van der Waals surface area contributed by atoms with E-state index in [1.165, 1.54) is 16.8 Å². The van der Waals surface area contributed by atoms with Gasteiger partial charge in [0.25, 0.3) is 0 Å². The second kappa shape index (κ2) is 8.14. The highest BCUT2D eigenvalue weighted by atomic mass is 19.1. The molecule has 2 N–H and O–H groups in total. The zero-order chi connectivity index (χ0) is 21.3. The van der Waals surface area contributed by atoms with Crippen molar-refractivity contribution in [3.05, 3.63) is 69.9 Å². The fourth-order valence-electron chi connectivity index (χ4n) is 3.29. The second-order valence-electron chi connectivity index (χ2n) is 7.62. The van der Waals surface area contributed by atoms with E-state index in [2.05, 4.69) is 15.7 Å². The molecule has 0 spiro atoms. The summed E-state index contributed by atoms with van der Waals surface area (Å²) >= 11 is 0. The Bertz CT molecular complexity index is 1130. The van der Waals surface area contributed by atoms with E-state index < -0.39 is 0 Å². The maximum absolute atomic E-state index is 13.3. The van der Waals surface area contributed by atoms with Gasteiger partial charge in [-0.05, 0) is 74.2 Å². The van der Waals surface area contributed by atoms with E-state index in [0.717, 1.165) is 24.0 Å². The third-order valence-electron chi connectivity index (χ3n) is 5.26. The Morgan fingerprint density at radius 1 is 1.13 bits per heavy atom. The molecule has 3 aromatic rings. The van der Waals surface area contributed by atoms with Crippen LogP contribution in [0.4, 0.5) is 14.9 Å². The van der Waals surface area contributed by atoms with Gasteiger partial charge in [-0.15, -0.1) is 5.10 Å². The summed E-state index contributed by atoms with van der Waals surface area (Å²) < 4.78 is 16.3. The lowest BCUT2D eigenvalue weighted by Gasteiger charge is -2.09. The number of halogens is 1. The topological polar surface area (TPSA) is 81.0 Å². The number of hydrogen-bond donors (Lipinski definition) is 2. The average molecular weight is 409 g/mol. The molecule has 8 heteroatoms. The van der Waals surface area contributed by atoms with Gasteiger partial charge in [-0.25, -0.2) is 18.7 Å². The Morgan fingerprint density at radius 2 is 1.87 bits per heavy atom. The first-order valence-electron chi connectivity index (χ1n) is 10.00. The van der Waals surface area contributed by atoms with Crippen molar-refractivity contribution in [2.75, 3.05) is 11.9 Å². The van der Waals surface area contributed by atoms with Crippen LogP contribution < -0.4 is 16.3 Å². The maximum Gasteiger partial charge on any atom is 0.346 e. The lowest BCUT2D eigenvalue weighted by atomic mass is 10.1. The summed E-state index contributed by atoms with van der Waals surface area (Å²) in [6.07, 6.45) is 1.85. The van der Waals surface area contributed by atoms with Crippen molar-refractivity contribution in [3.63, 3.8) is 0 Å². The first-order valence-corrected chi connectivity index (χ1v) is 10.00. The molecule has 0 saturated heterocycles. The van der Waals surface area contributed by atoms with Gasteiger partial charge in [0.05, 0.1) is 6.54 Å². The predicted octanol–water partition coefficient (Wildman–Crippen LogP) is 3.62. The van der Waals surface area contributed by atoms with Crippen molar-refractivity contribution < 1.29 is 9.18 Å². The highest BCUT2D eigenvalue weighted by Gasteiger charge is 2.30. The van der Waals surface area contributed by atoms with E-state index in [4.69, 9.17) is 0 Å². The summed E-state index contributed by atoms with van der Waals surface area (Å²) in [5.41, 5.74) is 3.44. The maximum atomic E-state index is 13.3. The molecule has 1 saturated carbocycles. The fourth-order valence-corrected chi connectivity index (χ4v) is 3.29. The van der Waals surface area contributed by atoms with E-state index in [9.17, 15) is 14.0 Å². The fraction of sp³-hybridized carbons (Fsp3) is 0.318. The minimum atomic E-state index is -0.341. The quantitative estimate of drug-likeness (QED) is 0.652. The highest BCUT2D eigenvalue weighted by molar-refractivity contribution is 5.89. The molecule has 1 fully saturated rings. The van der Waals surface area contributed by atoms with Crippen LogP contribution in [0, 0.1) is 19.7 Å². The van der Waals surface area contributed by atoms with E-state index in [1.54, 1.807) is 16.7 Å². The molecule has 4 rings (SSSR count). The van der Waals surface area contributed by atoms with Crippen molar-refractivity contribution in [1.82, 2.24) is 19.7 Å². The Morgan fingerprint density at radius 3 is 2.53 bits per heavy atom. The first-order chi connectivity index (χ1) is 14.4. The van der Waals surface area contributed by atoms with Gasteiger partial charge in [-0.2, -0.15) is 0 Å². The Kier molecular flexibility index (Phi) is 5.39. The standard InChI is InChI=1S/C22H24FN5O2/c1-14-3-8-18(13-15(14)2)25-21(29)24-11-12-27-22(30)28(19-9-10-19)20(26-27)16-4-6-17(23)7-5-16/h3-8,13,19H,9-12H2,1-2H3,(H2,24,25,29). The number of aromatic nitrogens is 3. The van der Waals surface area contributed by atoms with Crippen LogP contribution in [0.3, 0.4) is 0 Å². The number of carbonyl (C=O) groups excluding carboxylic acids is 1. The monoisotopic (exact) mass is 409 g/mol. The van der Waals surface area contributed by atoms with Crippen LogP contribution >= 0.6 is 0 Å². The van der Waals surface area contributed by atoms with Gasteiger partial charge < -0.3 is 10.6 Å². The minimum absolute atomic E-state index is 0.132. The third kappa shape index (κ3) is 4.27. The van der Waals surface area contributed by atoms with Gasteiger partial charge in [0.2, 0.25) is 0 Å². The van der Waals surface area contributed by atoms with Crippen molar-refractivity contribution in [1.29, 1.82) is 0 Å². The van der Waals surface area contributed by atoms with Gasteiger partial charge in [0.1, 0.15) is 5.82 Å². The summed E-state index contributed by atoms with van der Waals surface area (Å²) in [4.78, 5) is 25.0. The summed E-state index contributed by atoms with van der Waals surface area (Å²) in [5, 5.41) is 9.99. The molecule has 0 bridgehead atoms. The lowest BCUT2D eigenvalue weighted by Crippen LogP contribution is -2.34. The van der Waals surface area contributed by atoms with Crippen molar-refractivity contribution in [3.8, 4) is 11.4 Å². The zero-order valence-electron chi connectivity index (χ0n) is 17.0. The third-order valence-corrected chi connectivity index (χ3v) is 5.26. The van der Waals surface area contributed by atoms with Crippen LogP contribution in [-0.4, -0.2) is 26.9 Å². The molecule has 1 heterocycles. The normalized spacial score (nSPS) is 13.3. The molecule has 1 aromatic heterocycles. The van der Waals surface area contributed by atoms with Crippen LogP contribution in [0.1, 0.15) is 30.0 Å². The van der Waals surface area contributed by atoms with Gasteiger partial charge in [-0.1, -0.05) is 6.07 Å². The molecule has 30 heavy (non-hydrogen) atoms. The molecule has 7 nitrogen and oxygen atoms in total. The van der Waals surface area contributed by atoms with E-state index >= 15 is 0 Å². The molecule has 0 atom stereocenters. The smallest absolute Gasteiger partial charge is 0.336 e. The zero-order valence-corrected chi connectivity index (χ0v) is 17.0. The van der Waals surface area contributed by atoms with Crippen molar-refractivity contribution >= 4 is 11.7 Å². The molecule has 2 amide bonds. The molecule has 1 aliphatic carbocycles. The van der Waals surface area contributed by atoms with Crippen molar-refractivity contribution in [2.24, 2.45) is 0 Å². The average Bonchev–Trinajstić information content (AvgIpc) is 3.50. The SMILES string of the molecule is Cc1ccc(NC(=O)NCCn2nc(-c3ccc(F)cc3)n(C3CC3)c2=O)cc1C. The molecule has 0 unspecified atom stereocenters. The number of urea groups is 1. The molecule has 2 aromatic carbocycles. The molecule has 1 aliphatic rings. The number of benzene rings is 2. The van der Waals surface area contributed by atoms with Crippen LogP contribution in [0.25, 0.3) is 11.4 Å². The summed E-state index contributed by atoms with van der Waals surface area (Å²) in [6, 6.07) is 11.4. The number of nitrogens with one attached hydrogen (secondary N) is 2. The summed E-state index contributed by atoms with van der Waals surface area (Å²) in [6.45, 7) is 4.49. The second-order valence-corrected chi connectivity index (χ2v) is 7.62. The van der Waals surface area contributed by atoms with E-state index in [-0.39, 0.29) is 36.7 Å². The van der Waals surface area contributed by atoms with Crippen LogP contribution in [0.5, 0.6) is 0 Å². The Hall–Kier alpha value is -3.42. The van der Waals surface area contributed by atoms with Gasteiger partial charge >= 0.3 is 11.7 Å². The van der Waals surface area contributed by atoms with Crippen molar-refractivity contribution in [2.45, 2.75) is 39.3 Å². The molecule has 0 radical (unpaired) electrons. The highest BCUT2D eigenvalue weighted by Crippen LogP contribution is 2.36. The number of hydrogen-bond acceptors (Lipinski definition) is 3. The van der Waals surface area contributed by atoms with Crippen LogP contribution in [0.2, 0.25) is 0 Å². The van der Waals surface area contributed by atoms with Gasteiger partial charge in [0, 0.05) is 23.8 Å². The number of nitrogens with zero attached hydrogens (tertiary/aromatic N) is 3. The Balaban J connectivity index is 1.43. The van der Waals surface area contributed by atoms with Gasteiger partial charge in [-0.3, -0.25) is 4.57 Å². The molecular weight excluding hydrogens is 385 g/mol. The van der Waals surface area contributed by atoms with Crippen LogP contribution in [-0.2, 0) is 6.54 Å². The summed E-state index contributed by atoms with van der Waals surface area (Å²) in [5.74, 6) is 0.194. The Labute approximate surface area is 173 Å². The van der Waals surface area contributed by atoms with E-state index in [1.807, 2.05) is 32.0 Å². The number of anilines is 1. The van der Waals surface area contributed by atoms with Gasteiger partial charge in [0.15, 0.2) is 5.82 Å². The molecule has 156 valence electrons. The van der Waals surface area contributed by atoms with E-state index in [0.29, 0.717) is 17.1 Å². The number of amides is 2. The molecule has 0 aliphatic heterocycles. The van der Waals surface area contributed by atoms with Crippen LogP contribution in [0.15, 0.2) is 47.3 Å². The number of carbonyl (C=O) groups is 1. The predicted molar refractivity (Wildman–Crippen MR) is 113 cm³/mol. The minimum Gasteiger partial charge on any atom is -0.336 e. The number of aryl methyl sites for hydroxylation is 2. The number of rotatable bonds is 6. The first kappa shape index (κ1) is 19.9. The lowest BCUT2D eigenvalue weighted by molar-refractivity contribution is 0.251. The molecular formula is C22H24FN5O2. The summed E-state index contributed by atoms with van der Waals surface area (Å²) in [7, 11) is 0.